The minimum Gasteiger partial charge on any atom is -0.462 e. The first-order valence-electron chi connectivity index (χ1n) is 7.60. The monoisotopic (exact) mass is 374 g/mol. The lowest BCUT2D eigenvalue weighted by atomic mass is 10.0. The van der Waals surface area contributed by atoms with Crippen LogP contribution in [0.1, 0.15) is 43.7 Å². The van der Waals surface area contributed by atoms with Crippen LogP contribution in [0.5, 0.6) is 0 Å². The molecule has 1 aromatic carbocycles. The van der Waals surface area contributed by atoms with Crippen molar-refractivity contribution in [1.82, 2.24) is 4.98 Å². The zero-order valence-corrected chi connectivity index (χ0v) is 15.0. The maximum atomic E-state index is 13.6. The summed E-state index contributed by atoms with van der Waals surface area (Å²) in [7, 11) is 0. The third kappa shape index (κ3) is 4.15. The van der Waals surface area contributed by atoms with Gasteiger partial charge in [0.15, 0.2) is 5.69 Å². The Kier molecular flexibility index (Phi) is 5.18. The summed E-state index contributed by atoms with van der Waals surface area (Å²) in [6, 6.07) is 4.59. The minimum atomic E-state index is -4.84. The zero-order valence-electron chi connectivity index (χ0n) is 14.2. The number of aromatic nitrogens is 1. The summed E-state index contributed by atoms with van der Waals surface area (Å²) in [5, 5.41) is 3.36. The molecule has 25 heavy (non-hydrogen) atoms. The topological polar surface area (TPSA) is 51.2 Å². The number of fused-ring (bicyclic) bond motifs is 1. The second kappa shape index (κ2) is 6.71. The number of para-hydroxylation sites is 1. The van der Waals surface area contributed by atoms with Crippen molar-refractivity contribution in [3.63, 3.8) is 0 Å². The molecule has 0 aliphatic carbocycles. The highest BCUT2D eigenvalue weighted by Crippen LogP contribution is 2.40. The second-order valence-electron chi connectivity index (χ2n) is 6.44. The molecule has 0 saturated heterocycles. The number of carbonyl (C=O) groups excluding carboxylic acids is 1. The fourth-order valence-corrected chi connectivity index (χ4v) is 2.58. The van der Waals surface area contributed by atoms with E-state index in [1.54, 1.807) is 32.9 Å². The van der Waals surface area contributed by atoms with E-state index in [2.05, 4.69) is 10.3 Å². The minimum absolute atomic E-state index is 0.00535. The molecule has 0 aliphatic heterocycles. The first-order chi connectivity index (χ1) is 11.5. The van der Waals surface area contributed by atoms with Crippen LogP contribution in [0.3, 0.4) is 0 Å². The average molecular weight is 375 g/mol. The molecule has 2 aromatic rings. The molecule has 0 radical (unpaired) electrons. The maximum Gasteiger partial charge on any atom is 0.434 e. The first kappa shape index (κ1) is 19.3. The Morgan fingerprint density at radius 1 is 1.28 bits per heavy atom. The van der Waals surface area contributed by atoms with E-state index in [1.165, 1.54) is 13.0 Å². The summed E-state index contributed by atoms with van der Waals surface area (Å²) in [5.74, 6) is -1.09. The lowest BCUT2D eigenvalue weighted by Crippen LogP contribution is -2.29. The van der Waals surface area contributed by atoms with Gasteiger partial charge in [0, 0.05) is 10.9 Å². The van der Waals surface area contributed by atoms with Crippen LogP contribution in [0.2, 0.25) is 5.02 Å². The predicted octanol–water partition coefficient (Wildman–Crippen LogP) is 5.29. The van der Waals surface area contributed by atoms with Crippen molar-refractivity contribution < 1.29 is 22.7 Å². The number of hydrogen-bond acceptors (Lipinski definition) is 4. The largest absolute Gasteiger partial charge is 0.462 e. The Hall–Kier alpha value is -2.02. The smallest absolute Gasteiger partial charge is 0.434 e. The molecule has 0 atom stereocenters. The molecule has 0 amide bonds. The van der Waals surface area contributed by atoms with Crippen LogP contribution in [-0.2, 0) is 10.9 Å². The van der Waals surface area contributed by atoms with E-state index < -0.39 is 28.9 Å². The van der Waals surface area contributed by atoms with Crippen LogP contribution in [0, 0.1) is 0 Å². The third-order valence-corrected chi connectivity index (χ3v) is 3.52. The number of alkyl halides is 3. The van der Waals surface area contributed by atoms with E-state index in [0.717, 1.165) is 0 Å². The molecule has 1 heterocycles. The summed E-state index contributed by atoms with van der Waals surface area (Å²) >= 11 is 6.04. The molecule has 1 N–H and O–H groups in total. The Morgan fingerprint density at radius 2 is 1.92 bits per heavy atom. The molecule has 0 bridgehead atoms. The van der Waals surface area contributed by atoms with Gasteiger partial charge in [0.1, 0.15) is 5.56 Å². The standard InChI is InChI=1S/C17H18ClF3N2O2/c1-5-25-15(24)11-13(23-16(2,3)4)9-7-6-8-10(18)12(9)22-14(11)17(19,20)21/h6-8H,5H2,1-4H3,(H,22,23). The molecule has 1 aromatic heterocycles. The average Bonchev–Trinajstić information content (AvgIpc) is 2.45. The molecule has 4 nitrogen and oxygen atoms in total. The zero-order chi connectivity index (χ0) is 19.0. The van der Waals surface area contributed by atoms with Crippen molar-refractivity contribution in [2.75, 3.05) is 11.9 Å². The molecule has 0 aliphatic rings. The van der Waals surface area contributed by atoms with Crippen LogP contribution in [-0.4, -0.2) is 23.1 Å². The number of nitrogens with zero attached hydrogens (tertiary/aromatic N) is 1. The van der Waals surface area contributed by atoms with Gasteiger partial charge in [-0.2, -0.15) is 13.2 Å². The van der Waals surface area contributed by atoms with Crippen molar-refractivity contribution in [3.8, 4) is 0 Å². The predicted molar refractivity (Wildman–Crippen MR) is 91.1 cm³/mol. The van der Waals surface area contributed by atoms with Gasteiger partial charge < -0.3 is 10.1 Å². The van der Waals surface area contributed by atoms with E-state index in [4.69, 9.17) is 16.3 Å². The van der Waals surface area contributed by atoms with E-state index in [1.807, 2.05) is 0 Å². The molecular formula is C17H18ClF3N2O2. The number of ether oxygens (including phenoxy) is 1. The molecule has 0 saturated carbocycles. The Balaban J connectivity index is 2.96. The van der Waals surface area contributed by atoms with E-state index >= 15 is 0 Å². The maximum absolute atomic E-state index is 13.6. The van der Waals surface area contributed by atoms with Gasteiger partial charge >= 0.3 is 12.1 Å². The lowest BCUT2D eigenvalue weighted by molar-refractivity contribution is -0.141. The van der Waals surface area contributed by atoms with Crippen LogP contribution in [0.15, 0.2) is 18.2 Å². The molecular weight excluding hydrogens is 357 g/mol. The van der Waals surface area contributed by atoms with Gasteiger partial charge in [-0.3, -0.25) is 0 Å². The lowest BCUT2D eigenvalue weighted by Gasteiger charge is -2.26. The van der Waals surface area contributed by atoms with Crippen LogP contribution in [0.25, 0.3) is 10.9 Å². The first-order valence-corrected chi connectivity index (χ1v) is 7.98. The van der Waals surface area contributed by atoms with Gasteiger partial charge in [-0.1, -0.05) is 23.7 Å². The molecule has 136 valence electrons. The second-order valence-corrected chi connectivity index (χ2v) is 6.85. The highest BCUT2D eigenvalue weighted by molar-refractivity contribution is 6.35. The van der Waals surface area contributed by atoms with Crippen molar-refractivity contribution in [1.29, 1.82) is 0 Å². The molecule has 0 fully saturated rings. The van der Waals surface area contributed by atoms with E-state index in [0.29, 0.717) is 5.39 Å². The van der Waals surface area contributed by atoms with Crippen LogP contribution >= 0.6 is 11.6 Å². The SMILES string of the molecule is CCOC(=O)c1c(C(F)(F)F)nc2c(Cl)cccc2c1NC(C)(C)C. The molecule has 0 spiro atoms. The quantitative estimate of drug-likeness (QED) is 0.741. The van der Waals surface area contributed by atoms with Gasteiger partial charge in [-0.05, 0) is 33.8 Å². The number of rotatable bonds is 3. The van der Waals surface area contributed by atoms with Gasteiger partial charge in [0.2, 0.25) is 0 Å². The molecule has 8 heteroatoms. The van der Waals surface area contributed by atoms with E-state index in [-0.39, 0.29) is 22.8 Å². The highest BCUT2D eigenvalue weighted by atomic mass is 35.5. The fourth-order valence-electron chi connectivity index (χ4n) is 2.36. The van der Waals surface area contributed by atoms with E-state index in [9.17, 15) is 18.0 Å². The third-order valence-electron chi connectivity index (χ3n) is 3.21. The number of anilines is 1. The number of halogens is 4. The number of carbonyl (C=O) groups is 1. The number of esters is 1. The Morgan fingerprint density at radius 3 is 2.44 bits per heavy atom. The molecule has 2 rings (SSSR count). The Bertz CT molecular complexity index is 814. The highest BCUT2D eigenvalue weighted by Gasteiger charge is 2.41. The van der Waals surface area contributed by atoms with Crippen molar-refractivity contribution >= 4 is 34.2 Å². The van der Waals surface area contributed by atoms with Gasteiger partial charge in [0.25, 0.3) is 0 Å². The normalized spacial score (nSPS) is 12.3. The number of pyridine rings is 1. The summed E-state index contributed by atoms with van der Waals surface area (Å²) in [6.45, 7) is 6.77. The van der Waals surface area contributed by atoms with Crippen LogP contribution in [0.4, 0.5) is 18.9 Å². The van der Waals surface area contributed by atoms with Crippen LogP contribution < -0.4 is 5.32 Å². The molecule has 0 unspecified atom stereocenters. The summed E-state index contributed by atoms with van der Waals surface area (Å²) in [6.07, 6.45) is -4.84. The van der Waals surface area contributed by atoms with Crippen molar-refractivity contribution in [2.24, 2.45) is 0 Å². The van der Waals surface area contributed by atoms with Crippen molar-refractivity contribution in [3.05, 3.63) is 34.5 Å². The Labute approximate surface area is 148 Å². The fraction of sp³-hybridized carbons (Fsp3) is 0.412. The number of hydrogen-bond donors (Lipinski definition) is 1. The summed E-state index contributed by atoms with van der Waals surface area (Å²) in [5.41, 5.74) is -2.60. The van der Waals surface area contributed by atoms with Gasteiger partial charge in [-0.15, -0.1) is 0 Å². The summed E-state index contributed by atoms with van der Waals surface area (Å²) < 4.78 is 45.6. The van der Waals surface area contributed by atoms with Gasteiger partial charge in [-0.25, -0.2) is 9.78 Å². The summed E-state index contributed by atoms with van der Waals surface area (Å²) in [4.78, 5) is 16.0. The van der Waals surface area contributed by atoms with Crippen molar-refractivity contribution in [2.45, 2.75) is 39.4 Å². The number of nitrogens with one attached hydrogen (secondary N) is 1. The van der Waals surface area contributed by atoms with Gasteiger partial charge in [0.05, 0.1) is 22.8 Å². The number of benzene rings is 1.